The molecule has 2 aromatic rings. The molecule has 0 N–H and O–H groups in total. The van der Waals surface area contributed by atoms with Gasteiger partial charge >= 0.3 is 0 Å². The van der Waals surface area contributed by atoms with Crippen molar-refractivity contribution in [3.05, 3.63) is 71.3 Å². The van der Waals surface area contributed by atoms with Gasteiger partial charge in [0.15, 0.2) is 17.6 Å². The maximum Gasteiger partial charge on any atom is 0.258 e. The summed E-state index contributed by atoms with van der Waals surface area (Å²) in [6.07, 6.45) is 4.87. The van der Waals surface area contributed by atoms with Gasteiger partial charge in [-0.1, -0.05) is 77.9 Å². The smallest absolute Gasteiger partial charge is 0.258 e. The third-order valence-electron chi connectivity index (χ3n) is 10.4. The third-order valence-corrected chi connectivity index (χ3v) is 16.4. The van der Waals surface area contributed by atoms with Crippen LogP contribution in [0.1, 0.15) is 64.7 Å². The first-order valence-corrected chi connectivity index (χ1v) is 16.9. The van der Waals surface area contributed by atoms with E-state index in [0.29, 0.717) is 23.2 Å². The zero-order chi connectivity index (χ0) is 27.7. The van der Waals surface area contributed by atoms with E-state index in [-0.39, 0.29) is 11.8 Å². The van der Waals surface area contributed by atoms with Crippen molar-refractivity contribution < 1.29 is 18.7 Å². The second-order valence-electron chi connectivity index (χ2n) is 13.1. The molecule has 2 aromatic carbocycles. The maximum atomic E-state index is 13.6. The van der Waals surface area contributed by atoms with Gasteiger partial charge in [-0.2, -0.15) is 0 Å². The first kappa shape index (κ1) is 26.8. The highest BCUT2D eigenvalue weighted by molar-refractivity contribution is 6.78. The highest BCUT2D eigenvalue weighted by atomic mass is 28.4. The number of likely N-dealkylation sites (tertiary alicyclic amines) is 1. The second kappa shape index (κ2) is 9.32. The first-order valence-electron chi connectivity index (χ1n) is 14.7. The fourth-order valence-corrected chi connectivity index (χ4v) is 14.0. The monoisotopic (exact) mass is 545 g/mol. The Balaban J connectivity index is 1.52. The lowest BCUT2D eigenvalue weighted by Crippen LogP contribution is -2.75. The van der Waals surface area contributed by atoms with Crippen LogP contribution in [-0.4, -0.2) is 50.3 Å². The molecule has 0 aromatic heterocycles. The van der Waals surface area contributed by atoms with Crippen molar-refractivity contribution >= 4 is 14.1 Å². The van der Waals surface area contributed by atoms with Crippen LogP contribution in [0.3, 0.4) is 0 Å². The molecule has 2 bridgehead atoms. The van der Waals surface area contributed by atoms with E-state index in [2.05, 4.69) is 96.0 Å². The highest BCUT2D eigenvalue weighted by Gasteiger charge is 2.73. The van der Waals surface area contributed by atoms with Gasteiger partial charge in [-0.25, -0.2) is 0 Å². The lowest BCUT2D eigenvalue weighted by molar-refractivity contribution is -0.178. The Morgan fingerprint density at radius 2 is 1.72 bits per heavy atom. The average Bonchev–Trinajstić information content (AvgIpc) is 3.26. The highest BCUT2D eigenvalue weighted by Crippen LogP contribution is 2.65. The minimum absolute atomic E-state index is 0.0346. The molecular weight excluding hydrogens is 502 g/mol. The van der Waals surface area contributed by atoms with Crippen molar-refractivity contribution in [3.8, 4) is 11.5 Å². The van der Waals surface area contributed by atoms with Crippen molar-refractivity contribution in [2.24, 2.45) is 0 Å². The molecule has 1 unspecified atom stereocenters. The number of ketones is 1. The van der Waals surface area contributed by atoms with Crippen molar-refractivity contribution in [1.82, 2.24) is 4.90 Å². The van der Waals surface area contributed by atoms with Crippen LogP contribution in [0, 0.1) is 0 Å². The van der Waals surface area contributed by atoms with Gasteiger partial charge < -0.3 is 13.9 Å². The predicted octanol–water partition coefficient (Wildman–Crippen LogP) is 6.59. The summed E-state index contributed by atoms with van der Waals surface area (Å²) in [6, 6.07) is 14.8. The number of likely N-dealkylation sites (N-methyl/N-ethyl adjacent to an activating group) is 1. The molecule has 0 amide bonds. The fourth-order valence-electron chi connectivity index (χ4n) is 8.76. The van der Waals surface area contributed by atoms with Crippen LogP contribution in [0.15, 0.2) is 54.6 Å². The molecule has 39 heavy (non-hydrogen) atoms. The largest absolute Gasteiger partial charge is 0.540 e. The maximum absolute atomic E-state index is 13.6. The van der Waals surface area contributed by atoms with Gasteiger partial charge in [0, 0.05) is 11.6 Å². The minimum Gasteiger partial charge on any atom is -0.540 e. The van der Waals surface area contributed by atoms with Gasteiger partial charge in [-0.15, -0.1) is 0 Å². The van der Waals surface area contributed by atoms with Crippen LogP contribution in [0.4, 0.5) is 0 Å². The number of rotatable bonds is 8. The van der Waals surface area contributed by atoms with Gasteiger partial charge in [-0.05, 0) is 72.4 Å². The van der Waals surface area contributed by atoms with E-state index < -0.39 is 25.4 Å². The molecule has 4 aliphatic rings. The van der Waals surface area contributed by atoms with E-state index >= 15 is 0 Å². The Bertz CT molecular complexity index is 1280. The van der Waals surface area contributed by atoms with Crippen LogP contribution in [0.2, 0.25) is 16.6 Å². The summed E-state index contributed by atoms with van der Waals surface area (Å²) < 4.78 is 21.1. The van der Waals surface area contributed by atoms with Crippen molar-refractivity contribution in [1.29, 1.82) is 0 Å². The number of nitrogens with zero attached hydrogens (tertiary/aromatic N) is 1. The molecule has 2 heterocycles. The summed E-state index contributed by atoms with van der Waals surface area (Å²) in [4.78, 5) is 16.0. The summed E-state index contributed by atoms with van der Waals surface area (Å²) in [7, 11) is -0.0445. The number of hydrogen-bond donors (Lipinski definition) is 0. The van der Waals surface area contributed by atoms with E-state index in [1.807, 2.05) is 6.07 Å². The molecule has 1 saturated heterocycles. The van der Waals surface area contributed by atoms with Crippen molar-refractivity contribution in [2.45, 2.75) is 101 Å². The van der Waals surface area contributed by atoms with E-state index in [1.54, 1.807) is 6.08 Å². The van der Waals surface area contributed by atoms with Crippen molar-refractivity contribution in [3.63, 3.8) is 0 Å². The predicted molar refractivity (Wildman–Crippen MR) is 157 cm³/mol. The Morgan fingerprint density at radius 3 is 2.38 bits per heavy atom. The Morgan fingerprint density at radius 1 is 1.03 bits per heavy atom. The zero-order valence-electron chi connectivity index (χ0n) is 24.5. The Kier molecular flexibility index (Phi) is 6.40. The molecule has 0 radical (unpaired) electrons. The molecule has 2 aliphatic carbocycles. The second-order valence-corrected chi connectivity index (χ2v) is 18.4. The normalized spacial score (nSPS) is 29.2. The van der Waals surface area contributed by atoms with Crippen LogP contribution in [0.5, 0.6) is 11.5 Å². The summed E-state index contributed by atoms with van der Waals surface area (Å²) in [6.45, 7) is 15.2. The van der Waals surface area contributed by atoms with Crippen LogP contribution < -0.4 is 9.16 Å². The molecule has 4 atom stereocenters. The van der Waals surface area contributed by atoms with Crippen LogP contribution in [0.25, 0.3) is 0 Å². The standard InChI is InChI=1S/C33H43NO4Si/c1-21(2)39(22(3)4,23(5)6)38-27-14-13-25-19-28-33(36-20-24-11-9-8-10-12-24)16-15-26(35)31-32(33,17-18-34(28)7)29(25)30(27)37-31/h8-16,21-23,28,31H,17-20H2,1-7H3/t28-,31+,32+,33?/m1/s1. The van der Waals surface area contributed by atoms with E-state index in [4.69, 9.17) is 13.9 Å². The third kappa shape index (κ3) is 3.53. The molecule has 0 saturated carbocycles. The summed E-state index contributed by atoms with van der Waals surface area (Å²) >= 11 is 0. The lowest BCUT2D eigenvalue weighted by atomic mass is 9.50. The number of piperidine rings is 1. The number of benzene rings is 2. The number of carbonyl (C=O) groups excluding carboxylic acids is 1. The molecule has 5 nitrogen and oxygen atoms in total. The number of ether oxygens (including phenoxy) is 2. The summed E-state index contributed by atoms with van der Waals surface area (Å²) in [5.74, 6) is 1.65. The van der Waals surface area contributed by atoms with E-state index in [9.17, 15) is 4.79 Å². The Hall–Kier alpha value is -2.41. The molecule has 208 valence electrons. The number of carbonyl (C=O) groups is 1. The average molecular weight is 546 g/mol. The molecule has 1 fully saturated rings. The van der Waals surface area contributed by atoms with Crippen LogP contribution >= 0.6 is 0 Å². The van der Waals surface area contributed by atoms with Crippen molar-refractivity contribution in [2.75, 3.05) is 13.6 Å². The zero-order valence-corrected chi connectivity index (χ0v) is 25.5. The Labute approximate surface area is 234 Å². The molecule has 6 heteroatoms. The first-order chi connectivity index (χ1) is 18.6. The fraction of sp³-hybridized carbons (Fsp3) is 0.545. The minimum atomic E-state index is -2.24. The van der Waals surface area contributed by atoms with Crippen LogP contribution in [-0.2, 0) is 28.0 Å². The summed E-state index contributed by atoms with van der Waals surface area (Å²) in [5, 5.41) is 0. The topological polar surface area (TPSA) is 48.0 Å². The molecular formula is C33H43NO4Si. The molecule has 6 rings (SSSR count). The lowest BCUT2D eigenvalue weighted by Gasteiger charge is -2.62. The van der Waals surface area contributed by atoms with Gasteiger partial charge in [0.1, 0.15) is 11.4 Å². The van der Waals surface area contributed by atoms with Gasteiger partial charge in [-0.3, -0.25) is 9.69 Å². The summed E-state index contributed by atoms with van der Waals surface area (Å²) in [5.41, 5.74) is 3.65. The SMILES string of the molecule is CC(C)[Si](Oc1ccc2c3c1O[C@H]1C(=O)C=CC4(OCc5ccccc5)[C@@H](C2)N(C)CC[C@]314)(C(C)C)C(C)C. The van der Waals surface area contributed by atoms with E-state index in [0.717, 1.165) is 36.4 Å². The van der Waals surface area contributed by atoms with Gasteiger partial charge in [0.2, 0.25) is 0 Å². The van der Waals surface area contributed by atoms with Gasteiger partial charge in [0.25, 0.3) is 8.32 Å². The molecule has 1 spiro atoms. The quantitative estimate of drug-likeness (QED) is 0.350. The number of hydrogen-bond acceptors (Lipinski definition) is 5. The van der Waals surface area contributed by atoms with Gasteiger partial charge in [0.05, 0.1) is 12.0 Å². The van der Waals surface area contributed by atoms with E-state index in [1.165, 1.54) is 11.1 Å². The molecule has 2 aliphatic heterocycles.